The van der Waals surface area contributed by atoms with Gasteiger partial charge < -0.3 is 4.74 Å². The number of hydrogen-bond donors (Lipinski definition) is 1. The van der Waals surface area contributed by atoms with Gasteiger partial charge in [0.2, 0.25) is 10.0 Å². The lowest BCUT2D eigenvalue weighted by molar-refractivity contribution is -0.137. The van der Waals surface area contributed by atoms with E-state index < -0.39 is 62.2 Å². The van der Waals surface area contributed by atoms with Crippen molar-refractivity contribution in [2.75, 3.05) is 6.26 Å². The molecule has 0 aliphatic rings. The number of carbonyl (C=O) groups is 1. The molecule has 0 heterocycles. The summed E-state index contributed by atoms with van der Waals surface area (Å²) in [6, 6.07) is 3.78. The molecular formula is C16H11ClF5NO4S. The molecule has 152 valence electrons. The third-order valence-electron chi connectivity index (χ3n) is 3.27. The third kappa shape index (κ3) is 5.55. The Morgan fingerprint density at radius 3 is 2.36 bits per heavy atom. The number of rotatable bonds is 5. The second-order valence-electron chi connectivity index (χ2n) is 5.57. The molecule has 0 saturated carbocycles. The number of amides is 1. The maximum atomic E-state index is 14.0. The van der Waals surface area contributed by atoms with Crippen molar-refractivity contribution < 1.29 is 39.9 Å². The molecule has 2 aromatic rings. The fourth-order valence-corrected chi connectivity index (χ4v) is 2.75. The van der Waals surface area contributed by atoms with E-state index in [1.54, 1.807) is 0 Å². The summed E-state index contributed by atoms with van der Waals surface area (Å²) in [5.74, 6) is -4.58. The van der Waals surface area contributed by atoms with Crippen LogP contribution < -0.4 is 9.46 Å². The van der Waals surface area contributed by atoms with Gasteiger partial charge in [0, 0.05) is 6.07 Å². The number of ether oxygens (including phenoxy) is 1. The molecular weight excluding hydrogens is 433 g/mol. The fourth-order valence-electron chi connectivity index (χ4n) is 2.08. The Bertz CT molecular complexity index is 1020. The average Bonchev–Trinajstić information content (AvgIpc) is 2.53. The second kappa shape index (κ2) is 7.92. The Hall–Kier alpha value is -2.40. The molecule has 0 aliphatic carbocycles. The number of halogens is 6. The molecule has 0 radical (unpaired) electrons. The molecule has 0 atom stereocenters. The van der Waals surface area contributed by atoms with Crippen molar-refractivity contribution in [1.82, 2.24) is 4.72 Å². The summed E-state index contributed by atoms with van der Waals surface area (Å²) in [5, 5.41) is -0.533. The lowest BCUT2D eigenvalue weighted by Gasteiger charge is -2.13. The van der Waals surface area contributed by atoms with Gasteiger partial charge >= 0.3 is 6.18 Å². The Balaban J connectivity index is 2.22. The van der Waals surface area contributed by atoms with Crippen LogP contribution >= 0.6 is 11.6 Å². The van der Waals surface area contributed by atoms with Crippen molar-refractivity contribution in [1.29, 1.82) is 0 Å². The van der Waals surface area contributed by atoms with Gasteiger partial charge in [0.05, 0.1) is 22.4 Å². The first kappa shape index (κ1) is 21.9. The van der Waals surface area contributed by atoms with Crippen LogP contribution in [0, 0.1) is 11.6 Å². The van der Waals surface area contributed by atoms with Gasteiger partial charge in [-0.2, -0.15) is 13.2 Å². The Morgan fingerprint density at radius 2 is 1.79 bits per heavy atom. The third-order valence-corrected chi connectivity index (χ3v) is 4.16. The number of sulfonamides is 1. The van der Waals surface area contributed by atoms with E-state index in [-0.39, 0.29) is 5.56 Å². The maximum Gasteiger partial charge on any atom is 0.417 e. The molecule has 0 fully saturated rings. The summed E-state index contributed by atoms with van der Waals surface area (Å²) in [4.78, 5) is 11.6. The SMILES string of the molecule is CS(=O)(=O)NC(=O)c1cc(F)c(OCc2ccc(Cl)c(C(F)(F)F)c2)cc1F. The quantitative estimate of drug-likeness (QED) is 0.711. The van der Waals surface area contributed by atoms with Gasteiger partial charge in [0.25, 0.3) is 5.91 Å². The van der Waals surface area contributed by atoms with Gasteiger partial charge in [0.15, 0.2) is 11.6 Å². The van der Waals surface area contributed by atoms with E-state index >= 15 is 0 Å². The molecule has 12 heteroatoms. The van der Waals surface area contributed by atoms with Gasteiger partial charge in [-0.25, -0.2) is 21.9 Å². The number of carbonyl (C=O) groups excluding carboxylic acids is 1. The zero-order valence-corrected chi connectivity index (χ0v) is 15.5. The van der Waals surface area contributed by atoms with Crippen LogP contribution in [0.25, 0.3) is 0 Å². The smallest absolute Gasteiger partial charge is 0.417 e. The number of alkyl halides is 3. The highest BCUT2D eigenvalue weighted by molar-refractivity contribution is 7.89. The van der Waals surface area contributed by atoms with Crippen molar-refractivity contribution in [3.05, 3.63) is 63.7 Å². The van der Waals surface area contributed by atoms with Crippen molar-refractivity contribution in [2.45, 2.75) is 12.8 Å². The van der Waals surface area contributed by atoms with Gasteiger partial charge in [0.1, 0.15) is 12.4 Å². The summed E-state index contributed by atoms with van der Waals surface area (Å²) < 4.78 is 95.0. The fraction of sp³-hybridized carbons (Fsp3) is 0.188. The minimum atomic E-state index is -4.71. The zero-order valence-electron chi connectivity index (χ0n) is 13.9. The Labute approximate surface area is 161 Å². The largest absolute Gasteiger partial charge is 0.486 e. The van der Waals surface area contributed by atoms with Gasteiger partial charge in [-0.1, -0.05) is 17.7 Å². The first-order chi connectivity index (χ1) is 12.8. The predicted octanol–water partition coefficient (Wildman–Crippen LogP) is 3.91. The van der Waals surface area contributed by atoms with E-state index in [1.807, 2.05) is 0 Å². The summed E-state index contributed by atoms with van der Waals surface area (Å²) in [5.41, 5.74) is -2.02. The van der Waals surface area contributed by atoms with E-state index in [1.165, 1.54) is 10.8 Å². The van der Waals surface area contributed by atoms with Crippen molar-refractivity contribution in [2.24, 2.45) is 0 Å². The minimum Gasteiger partial charge on any atom is -0.486 e. The monoisotopic (exact) mass is 443 g/mol. The highest BCUT2D eigenvalue weighted by atomic mass is 35.5. The molecule has 1 N–H and O–H groups in total. The zero-order chi connectivity index (χ0) is 21.3. The van der Waals surface area contributed by atoms with E-state index in [0.29, 0.717) is 24.5 Å². The molecule has 0 unspecified atom stereocenters. The number of hydrogen-bond acceptors (Lipinski definition) is 4. The van der Waals surface area contributed by atoms with E-state index in [4.69, 9.17) is 16.3 Å². The summed E-state index contributed by atoms with van der Waals surface area (Å²) in [6.45, 7) is -0.550. The van der Waals surface area contributed by atoms with Crippen LogP contribution in [0.4, 0.5) is 22.0 Å². The standard InChI is InChI=1S/C16H11ClF5NO4S/c1-28(25,26)23-15(24)9-5-13(19)14(6-12(9)18)27-7-8-2-3-11(17)10(4-8)16(20,21)22/h2-6H,7H2,1H3,(H,23,24). The summed E-state index contributed by atoms with van der Waals surface area (Å²) >= 11 is 5.49. The van der Waals surface area contributed by atoms with Crippen LogP contribution in [-0.4, -0.2) is 20.6 Å². The topological polar surface area (TPSA) is 72.5 Å². The second-order valence-corrected chi connectivity index (χ2v) is 7.72. The van der Waals surface area contributed by atoms with Crippen molar-refractivity contribution in [3.63, 3.8) is 0 Å². The van der Waals surface area contributed by atoms with Gasteiger partial charge in [-0.05, 0) is 23.8 Å². The molecule has 0 aromatic heterocycles. The molecule has 0 saturated heterocycles. The van der Waals surface area contributed by atoms with Crippen LogP contribution in [0.5, 0.6) is 5.75 Å². The lowest BCUT2D eigenvalue weighted by atomic mass is 10.1. The molecule has 2 rings (SSSR count). The normalized spacial score (nSPS) is 12.0. The average molecular weight is 444 g/mol. The van der Waals surface area contributed by atoms with E-state index in [2.05, 4.69) is 0 Å². The lowest BCUT2D eigenvalue weighted by Crippen LogP contribution is -2.30. The molecule has 28 heavy (non-hydrogen) atoms. The van der Waals surface area contributed by atoms with Crippen molar-refractivity contribution in [3.8, 4) is 5.75 Å². The highest BCUT2D eigenvalue weighted by Gasteiger charge is 2.33. The van der Waals surface area contributed by atoms with Crippen LogP contribution in [0.15, 0.2) is 30.3 Å². The Kier molecular flexibility index (Phi) is 6.19. The first-order valence-electron chi connectivity index (χ1n) is 7.27. The molecule has 0 bridgehead atoms. The minimum absolute atomic E-state index is 0.0181. The first-order valence-corrected chi connectivity index (χ1v) is 9.54. The van der Waals surface area contributed by atoms with Crippen LogP contribution in [0.1, 0.15) is 21.5 Å². The van der Waals surface area contributed by atoms with Crippen LogP contribution in [0.2, 0.25) is 5.02 Å². The summed E-state index contributed by atoms with van der Waals surface area (Å²) in [6.07, 6.45) is -4.06. The van der Waals surface area contributed by atoms with Crippen LogP contribution in [0.3, 0.4) is 0 Å². The summed E-state index contributed by atoms with van der Waals surface area (Å²) in [7, 11) is -4.00. The Morgan fingerprint density at radius 1 is 1.14 bits per heavy atom. The molecule has 2 aromatic carbocycles. The predicted molar refractivity (Wildman–Crippen MR) is 89.5 cm³/mol. The number of benzene rings is 2. The van der Waals surface area contributed by atoms with E-state index in [0.717, 1.165) is 6.07 Å². The van der Waals surface area contributed by atoms with E-state index in [9.17, 15) is 35.2 Å². The number of nitrogens with one attached hydrogen (secondary N) is 1. The highest BCUT2D eigenvalue weighted by Crippen LogP contribution is 2.35. The van der Waals surface area contributed by atoms with Gasteiger partial charge in [-0.3, -0.25) is 4.79 Å². The van der Waals surface area contributed by atoms with Gasteiger partial charge in [-0.15, -0.1) is 0 Å². The maximum absolute atomic E-state index is 14.0. The molecule has 5 nitrogen and oxygen atoms in total. The van der Waals surface area contributed by atoms with Crippen molar-refractivity contribution >= 4 is 27.5 Å². The molecule has 1 amide bonds. The van der Waals surface area contributed by atoms with Crippen LogP contribution in [-0.2, 0) is 22.8 Å². The molecule has 0 aliphatic heterocycles. The molecule has 0 spiro atoms.